The fourth-order valence-corrected chi connectivity index (χ4v) is 3.46. The van der Waals surface area contributed by atoms with Gasteiger partial charge in [-0.2, -0.15) is 0 Å². The number of piperidine rings is 1. The molecule has 1 rings (SSSR count). The predicted octanol–water partition coefficient (Wildman–Crippen LogP) is 0.258. The molecule has 84 valence electrons. The Balaban J connectivity index is 2.63. The Morgan fingerprint density at radius 2 is 2.21 bits per heavy atom. The third kappa shape index (κ3) is 2.82. The minimum atomic E-state index is -3.20. The highest BCUT2D eigenvalue weighted by atomic mass is 35.5. The standard InChI is InChI=1S/C8H16ClNO3S/c1-7-6-10(4-2-8(7)11)14(12,13)5-3-9/h7-8,11H,2-6H2,1H3. The van der Waals surface area contributed by atoms with E-state index in [1.807, 2.05) is 6.92 Å². The van der Waals surface area contributed by atoms with E-state index in [-0.39, 0.29) is 23.7 Å². The maximum absolute atomic E-state index is 11.6. The Morgan fingerprint density at radius 3 is 2.71 bits per heavy atom. The van der Waals surface area contributed by atoms with Gasteiger partial charge in [0.25, 0.3) is 0 Å². The second-order valence-corrected chi connectivity index (χ2v) is 6.16. The molecule has 2 atom stereocenters. The molecule has 1 aliphatic heterocycles. The molecular formula is C8H16ClNO3S. The lowest BCUT2D eigenvalue weighted by molar-refractivity contribution is 0.0629. The average Bonchev–Trinajstić information content (AvgIpc) is 2.09. The zero-order valence-corrected chi connectivity index (χ0v) is 9.76. The van der Waals surface area contributed by atoms with Crippen LogP contribution in [0.1, 0.15) is 13.3 Å². The van der Waals surface area contributed by atoms with Crippen molar-refractivity contribution in [2.24, 2.45) is 5.92 Å². The highest BCUT2D eigenvalue weighted by Crippen LogP contribution is 2.19. The Hall–Kier alpha value is 0.160. The summed E-state index contributed by atoms with van der Waals surface area (Å²) in [7, 11) is -3.20. The van der Waals surface area contributed by atoms with Crippen molar-refractivity contribution in [1.82, 2.24) is 4.31 Å². The third-order valence-electron chi connectivity index (χ3n) is 2.55. The first-order valence-electron chi connectivity index (χ1n) is 4.69. The number of nitrogens with zero attached hydrogens (tertiary/aromatic N) is 1. The van der Waals surface area contributed by atoms with Crippen LogP contribution in [0.2, 0.25) is 0 Å². The first-order chi connectivity index (χ1) is 6.47. The van der Waals surface area contributed by atoms with Gasteiger partial charge in [0.2, 0.25) is 10.0 Å². The zero-order valence-electron chi connectivity index (χ0n) is 8.19. The van der Waals surface area contributed by atoms with Crippen LogP contribution < -0.4 is 0 Å². The summed E-state index contributed by atoms with van der Waals surface area (Å²) in [4.78, 5) is 0. The monoisotopic (exact) mass is 241 g/mol. The van der Waals surface area contributed by atoms with Crippen LogP contribution in [0.15, 0.2) is 0 Å². The zero-order chi connectivity index (χ0) is 10.8. The molecule has 0 aromatic heterocycles. The first kappa shape index (κ1) is 12.2. The minimum Gasteiger partial charge on any atom is -0.393 e. The molecule has 0 aromatic rings. The lowest BCUT2D eigenvalue weighted by Crippen LogP contribution is -2.45. The summed E-state index contributed by atoms with van der Waals surface area (Å²) in [5.41, 5.74) is 0. The lowest BCUT2D eigenvalue weighted by Gasteiger charge is -2.33. The van der Waals surface area contributed by atoms with E-state index in [1.165, 1.54) is 4.31 Å². The number of sulfonamides is 1. The van der Waals surface area contributed by atoms with Crippen molar-refractivity contribution in [1.29, 1.82) is 0 Å². The van der Waals surface area contributed by atoms with E-state index in [0.717, 1.165) is 0 Å². The van der Waals surface area contributed by atoms with Crippen LogP contribution in [0.3, 0.4) is 0 Å². The van der Waals surface area contributed by atoms with Gasteiger partial charge in [-0.15, -0.1) is 11.6 Å². The van der Waals surface area contributed by atoms with Gasteiger partial charge >= 0.3 is 0 Å². The van der Waals surface area contributed by atoms with Crippen molar-refractivity contribution < 1.29 is 13.5 Å². The summed E-state index contributed by atoms with van der Waals surface area (Å²) in [5, 5.41) is 9.44. The number of alkyl halides is 1. The Kier molecular flexibility index (Phi) is 4.18. The van der Waals surface area contributed by atoms with Gasteiger partial charge in [-0.1, -0.05) is 6.92 Å². The van der Waals surface area contributed by atoms with Gasteiger partial charge in [-0.25, -0.2) is 12.7 Å². The molecule has 4 nitrogen and oxygen atoms in total. The van der Waals surface area contributed by atoms with E-state index in [9.17, 15) is 13.5 Å². The van der Waals surface area contributed by atoms with Gasteiger partial charge in [-0.05, 0) is 12.3 Å². The molecule has 0 spiro atoms. The van der Waals surface area contributed by atoms with Gasteiger partial charge in [0.15, 0.2) is 0 Å². The maximum atomic E-state index is 11.6. The van der Waals surface area contributed by atoms with Crippen LogP contribution in [0.4, 0.5) is 0 Å². The summed E-state index contributed by atoms with van der Waals surface area (Å²) in [6.45, 7) is 2.66. The number of hydrogen-bond acceptors (Lipinski definition) is 3. The molecule has 2 unspecified atom stereocenters. The molecule has 0 aliphatic carbocycles. The molecule has 0 amide bonds. The van der Waals surface area contributed by atoms with Crippen LogP contribution in [0.25, 0.3) is 0 Å². The Bertz CT molecular complexity index is 280. The number of aliphatic hydroxyl groups excluding tert-OH is 1. The number of halogens is 1. The van der Waals surface area contributed by atoms with Crippen molar-refractivity contribution >= 4 is 21.6 Å². The largest absolute Gasteiger partial charge is 0.393 e. The summed E-state index contributed by atoms with van der Waals surface area (Å²) in [6.07, 6.45) is 0.139. The van der Waals surface area contributed by atoms with E-state index < -0.39 is 10.0 Å². The van der Waals surface area contributed by atoms with Crippen LogP contribution >= 0.6 is 11.6 Å². The fourth-order valence-electron chi connectivity index (χ4n) is 1.57. The van der Waals surface area contributed by atoms with E-state index in [4.69, 9.17) is 11.6 Å². The van der Waals surface area contributed by atoms with Crippen molar-refractivity contribution in [2.75, 3.05) is 24.7 Å². The normalized spacial score (nSPS) is 30.5. The fraction of sp³-hybridized carbons (Fsp3) is 1.00. The smallest absolute Gasteiger partial charge is 0.215 e. The molecule has 1 saturated heterocycles. The molecule has 6 heteroatoms. The molecule has 14 heavy (non-hydrogen) atoms. The van der Waals surface area contributed by atoms with Gasteiger partial charge in [-0.3, -0.25) is 0 Å². The summed E-state index contributed by atoms with van der Waals surface area (Å²) < 4.78 is 24.6. The lowest BCUT2D eigenvalue weighted by atomic mass is 9.99. The molecule has 1 N–H and O–H groups in total. The van der Waals surface area contributed by atoms with E-state index >= 15 is 0 Å². The van der Waals surface area contributed by atoms with Crippen molar-refractivity contribution in [3.63, 3.8) is 0 Å². The third-order valence-corrected chi connectivity index (χ3v) is 4.80. The molecule has 0 saturated carbocycles. The number of hydrogen-bond donors (Lipinski definition) is 1. The molecule has 0 bridgehead atoms. The molecule has 0 radical (unpaired) electrons. The molecule has 1 aliphatic rings. The quantitative estimate of drug-likeness (QED) is 0.721. The SMILES string of the molecule is CC1CN(S(=O)(=O)CCCl)CCC1O. The van der Waals surface area contributed by atoms with Crippen molar-refractivity contribution in [2.45, 2.75) is 19.4 Å². The Labute approximate surface area is 89.9 Å². The van der Waals surface area contributed by atoms with Crippen LogP contribution in [-0.2, 0) is 10.0 Å². The van der Waals surface area contributed by atoms with Crippen molar-refractivity contribution in [3.05, 3.63) is 0 Å². The molecule has 1 fully saturated rings. The van der Waals surface area contributed by atoms with Gasteiger partial charge < -0.3 is 5.11 Å². The highest BCUT2D eigenvalue weighted by molar-refractivity contribution is 7.89. The molecular weight excluding hydrogens is 226 g/mol. The van der Waals surface area contributed by atoms with Crippen LogP contribution in [0.5, 0.6) is 0 Å². The number of aliphatic hydroxyl groups is 1. The van der Waals surface area contributed by atoms with E-state index in [2.05, 4.69) is 0 Å². The summed E-state index contributed by atoms with van der Waals surface area (Å²) in [6, 6.07) is 0. The topological polar surface area (TPSA) is 57.6 Å². The summed E-state index contributed by atoms with van der Waals surface area (Å²) >= 11 is 5.42. The maximum Gasteiger partial charge on any atom is 0.215 e. The van der Waals surface area contributed by atoms with Crippen molar-refractivity contribution in [3.8, 4) is 0 Å². The minimum absolute atomic E-state index is 0.00819. The van der Waals surface area contributed by atoms with E-state index in [1.54, 1.807) is 0 Å². The summed E-state index contributed by atoms with van der Waals surface area (Å²) in [5.74, 6) is 0.112. The van der Waals surface area contributed by atoms with Crippen LogP contribution in [0, 0.1) is 5.92 Å². The highest BCUT2D eigenvalue weighted by Gasteiger charge is 2.30. The van der Waals surface area contributed by atoms with Gasteiger partial charge in [0.05, 0.1) is 11.9 Å². The van der Waals surface area contributed by atoms with Crippen LogP contribution in [-0.4, -0.2) is 48.7 Å². The molecule has 1 heterocycles. The molecule has 0 aromatic carbocycles. The second kappa shape index (κ2) is 4.79. The first-order valence-corrected chi connectivity index (χ1v) is 6.83. The number of rotatable bonds is 3. The Morgan fingerprint density at radius 1 is 1.57 bits per heavy atom. The predicted molar refractivity (Wildman–Crippen MR) is 55.9 cm³/mol. The second-order valence-electron chi connectivity index (χ2n) is 3.70. The van der Waals surface area contributed by atoms with Gasteiger partial charge in [0.1, 0.15) is 0 Å². The average molecular weight is 242 g/mol. The van der Waals surface area contributed by atoms with Gasteiger partial charge in [0, 0.05) is 19.0 Å². The van der Waals surface area contributed by atoms with E-state index in [0.29, 0.717) is 19.5 Å².